The molecule has 1 aliphatic heterocycles. The minimum absolute atomic E-state index is 0.0877. The molecule has 32 heavy (non-hydrogen) atoms. The Kier molecular flexibility index (Phi) is 6.32. The Morgan fingerprint density at radius 2 is 1.91 bits per heavy atom. The Balaban J connectivity index is 1.50. The van der Waals surface area contributed by atoms with Crippen molar-refractivity contribution < 1.29 is 19.1 Å². The third-order valence-corrected chi connectivity index (χ3v) is 7.45. The van der Waals surface area contributed by atoms with Crippen LogP contribution in [0.3, 0.4) is 0 Å². The molecule has 5 nitrogen and oxygen atoms in total. The van der Waals surface area contributed by atoms with E-state index in [2.05, 4.69) is 32.9 Å². The molecule has 1 aromatic carbocycles. The van der Waals surface area contributed by atoms with E-state index < -0.39 is 11.9 Å². The van der Waals surface area contributed by atoms with Crippen LogP contribution in [-0.2, 0) is 15.0 Å². The zero-order valence-electron chi connectivity index (χ0n) is 18.5. The number of thioether (sulfide) groups is 1. The number of thiocarbonyl (C=S) groups is 1. The van der Waals surface area contributed by atoms with Crippen molar-refractivity contribution in [2.45, 2.75) is 57.9 Å². The molecule has 1 aromatic heterocycles. The van der Waals surface area contributed by atoms with Gasteiger partial charge in [0.15, 0.2) is 0 Å². The van der Waals surface area contributed by atoms with Gasteiger partial charge in [0, 0.05) is 17.7 Å². The Labute approximate surface area is 197 Å². The lowest BCUT2D eigenvalue weighted by Crippen LogP contribution is -2.42. The standard InChI is InChI=1S/C25H27NO4S2/c1-25(2,3)17-9-7-15(8-10-17)20-12-11-19(30-20)14-21-22(27)26(24(31)32-21)18-6-4-5-16(13-18)23(28)29/h7-12,14,16,18H,4-6,13H2,1-3H3,(H,28,29)/b21-14+. The summed E-state index contributed by atoms with van der Waals surface area (Å²) in [6.45, 7) is 6.54. The summed E-state index contributed by atoms with van der Waals surface area (Å²) >= 11 is 6.72. The van der Waals surface area contributed by atoms with Crippen LogP contribution in [0.2, 0.25) is 0 Å². The molecule has 0 spiro atoms. The molecule has 0 bridgehead atoms. The van der Waals surface area contributed by atoms with E-state index in [1.54, 1.807) is 11.0 Å². The molecule has 4 rings (SSSR count). The topological polar surface area (TPSA) is 70.8 Å². The summed E-state index contributed by atoms with van der Waals surface area (Å²) in [5.74, 6) is -0.0474. The Morgan fingerprint density at radius 1 is 1.19 bits per heavy atom. The van der Waals surface area contributed by atoms with E-state index in [-0.39, 0.29) is 17.4 Å². The first-order chi connectivity index (χ1) is 15.1. The van der Waals surface area contributed by atoms with Gasteiger partial charge in [0.05, 0.1) is 10.8 Å². The van der Waals surface area contributed by atoms with Gasteiger partial charge in [0.2, 0.25) is 0 Å². The molecule has 2 fully saturated rings. The Hall–Kier alpha value is -2.38. The zero-order valence-corrected chi connectivity index (χ0v) is 20.1. The van der Waals surface area contributed by atoms with Crippen molar-refractivity contribution in [1.82, 2.24) is 4.90 Å². The molecular formula is C25H27NO4S2. The SMILES string of the molecule is CC(C)(C)c1ccc(-c2ccc(/C=C3/SC(=S)N(C4CCCC(C(=O)O)C4)C3=O)o2)cc1. The highest BCUT2D eigenvalue weighted by atomic mass is 32.2. The van der Waals surface area contributed by atoms with Gasteiger partial charge in [-0.2, -0.15) is 0 Å². The number of aliphatic carboxylic acids is 1. The van der Waals surface area contributed by atoms with Gasteiger partial charge in [-0.1, -0.05) is 75.4 Å². The highest BCUT2D eigenvalue weighted by molar-refractivity contribution is 8.26. The smallest absolute Gasteiger partial charge is 0.306 e. The van der Waals surface area contributed by atoms with Gasteiger partial charge in [0.1, 0.15) is 15.8 Å². The molecule has 7 heteroatoms. The second-order valence-electron chi connectivity index (χ2n) is 9.44. The molecular weight excluding hydrogens is 442 g/mol. The molecule has 2 unspecified atom stereocenters. The zero-order chi connectivity index (χ0) is 23.0. The van der Waals surface area contributed by atoms with E-state index in [0.717, 1.165) is 24.2 Å². The number of rotatable bonds is 4. The van der Waals surface area contributed by atoms with Gasteiger partial charge in [-0.15, -0.1) is 0 Å². The fourth-order valence-corrected chi connectivity index (χ4v) is 5.65. The first-order valence-electron chi connectivity index (χ1n) is 10.8. The second kappa shape index (κ2) is 8.87. The number of amides is 1. The fourth-order valence-electron chi connectivity index (χ4n) is 4.27. The monoisotopic (exact) mass is 469 g/mol. The van der Waals surface area contributed by atoms with E-state index in [4.69, 9.17) is 16.6 Å². The number of carbonyl (C=O) groups is 2. The van der Waals surface area contributed by atoms with Crippen LogP contribution in [0.5, 0.6) is 0 Å². The second-order valence-corrected chi connectivity index (χ2v) is 11.1. The molecule has 1 saturated carbocycles. The largest absolute Gasteiger partial charge is 0.481 e. The van der Waals surface area contributed by atoms with Crippen LogP contribution in [0, 0.1) is 5.92 Å². The van der Waals surface area contributed by atoms with E-state index in [9.17, 15) is 14.7 Å². The van der Waals surface area contributed by atoms with Crippen molar-refractivity contribution in [1.29, 1.82) is 0 Å². The number of nitrogens with zero attached hydrogens (tertiary/aromatic N) is 1. The Bertz CT molecular complexity index is 1080. The van der Waals surface area contributed by atoms with Gasteiger partial charge in [-0.05, 0) is 42.4 Å². The molecule has 1 N–H and O–H groups in total. The predicted octanol–water partition coefficient (Wildman–Crippen LogP) is 6.09. The molecule has 2 heterocycles. The number of carbonyl (C=O) groups excluding carboxylic acids is 1. The lowest BCUT2D eigenvalue weighted by atomic mass is 9.85. The summed E-state index contributed by atoms with van der Waals surface area (Å²) in [7, 11) is 0. The van der Waals surface area contributed by atoms with Crippen molar-refractivity contribution in [2.75, 3.05) is 0 Å². The van der Waals surface area contributed by atoms with Crippen LogP contribution in [-0.4, -0.2) is 32.2 Å². The van der Waals surface area contributed by atoms with Gasteiger partial charge in [-0.3, -0.25) is 14.5 Å². The number of hydrogen-bond acceptors (Lipinski definition) is 5. The third-order valence-electron chi connectivity index (χ3n) is 6.12. The first-order valence-corrected chi connectivity index (χ1v) is 12.1. The van der Waals surface area contributed by atoms with E-state index in [1.165, 1.54) is 17.3 Å². The third kappa shape index (κ3) is 4.69. The first kappa shape index (κ1) is 22.8. The Morgan fingerprint density at radius 3 is 2.56 bits per heavy atom. The van der Waals surface area contributed by atoms with Crippen LogP contribution in [0.1, 0.15) is 57.8 Å². The van der Waals surface area contributed by atoms with Crippen LogP contribution < -0.4 is 0 Å². The average Bonchev–Trinajstić information content (AvgIpc) is 3.32. The van der Waals surface area contributed by atoms with Crippen LogP contribution in [0.15, 0.2) is 45.7 Å². The van der Waals surface area contributed by atoms with Crippen molar-refractivity contribution in [3.8, 4) is 11.3 Å². The molecule has 1 amide bonds. The van der Waals surface area contributed by atoms with Crippen LogP contribution in [0.25, 0.3) is 17.4 Å². The van der Waals surface area contributed by atoms with Gasteiger partial charge in [-0.25, -0.2) is 0 Å². The van der Waals surface area contributed by atoms with Crippen molar-refractivity contribution in [3.63, 3.8) is 0 Å². The lowest BCUT2D eigenvalue weighted by Gasteiger charge is -2.32. The van der Waals surface area contributed by atoms with Gasteiger partial charge in [0.25, 0.3) is 5.91 Å². The fraction of sp³-hybridized carbons (Fsp3) is 0.400. The molecule has 2 atom stereocenters. The highest BCUT2D eigenvalue weighted by Crippen LogP contribution is 2.39. The van der Waals surface area contributed by atoms with Crippen molar-refractivity contribution in [2.24, 2.45) is 5.92 Å². The van der Waals surface area contributed by atoms with E-state index >= 15 is 0 Å². The summed E-state index contributed by atoms with van der Waals surface area (Å²) in [5, 5.41) is 9.36. The molecule has 0 radical (unpaired) electrons. The number of benzene rings is 1. The van der Waals surface area contributed by atoms with Crippen molar-refractivity contribution >= 4 is 46.3 Å². The molecule has 2 aliphatic rings. The summed E-state index contributed by atoms with van der Waals surface area (Å²) in [5.41, 5.74) is 2.32. The van der Waals surface area contributed by atoms with Gasteiger partial charge < -0.3 is 9.52 Å². The number of hydrogen-bond donors (Lipinski definition) is 1. The molecule has 1 saturated heterocycles. The van der Waals surface area contributed by atoms with Crippen molar-refractivity contribution in [3.05, 3.63) is 52.6 Å². The van der Waals surface area contributed by atoms with E-state index in [0.29, 0.717) is 27.8 Å². The maximum absolute atomic E-state index is 13.1. The maximum Gasteiger partial charge on any atom is 0.306 e. The van der Waals surface area contributed by atoms with Crippen LogP contribution >= 0.6 is 24.0 Å². The highest BCUT2D eigenvalue weighted by Gasteiger charge is 2.40. The quantitative estimate of drug-likeness (QED) is 0.432. The molecule has 168 valence electrons. The summed E-state index contributed by atoms with van der Waals surface area (Å²) < 4.78 is 6.48. The predicted molar refractivity (Wildman–Crippen MR) is 131 cm³/mol. The number of carboxylic acid groups (broad SMARTS) is 1. The maximum atomic E-state index is 13.1. The average molecular weight is 470 g/mol. The van der Waals surface area contributed by atoms with Crippen LogP contribution in [0.4, 0.5) is 0 Å². The summed E-state index contributed by atoms with van der Waals surface area (Å²) in [6.07, 6.45) is 4.39. The summed E-state index contributed by atoms with van der Waals surface area (Å²) in [6, 6.07) is 11.9. The van der Waals surface area contributed by atoms with Gasteiger partial charge >= 0.3 is 5.97 Å². The minimum atomic E-state index is -0.797. The number of furan rings is 1. The molecule has 1 aliphatic carbocycles. The van der Waals surface area contributed by atoms with E-state index in [1.807, 2.05) is 24.3 Å². The molecule has 2 aromatic rings. The number of carboxylic acids is 1. The lowest BCUT2D eigenvalue weighted by molar-refractivity contribution is -0.144. The normalized spacial score (nSPS) is 23.2. The minimum Gasteiger partial charge on any atom is -0.481 e. The summed E-state index contributed by atoms with van der Waals surface area (Å²) in [4.78, 5) is 26.6.